The lowest BCUT2D eigenvalue weighted by Gasteiger charge is -2.30. The number of methoxy groups -OCH3 is 2. The number of hydrogen-bond acceptors (Lipinski definition) is 11. The Bertz CT molecular complexity index is 2450. The predicted molar refractivity (Wildman–Crippen MR) is 220 cm³/mol. The molecule has 2 saturated heterocycles. The van der Waals surface area contributed by atoms with E-state index in [9.17, 15) is 29.1 Å². The number of likely N-dealkylation sites (tertiary alicyclic amines) is 2. The number of carbonyl (C=O) groups is 4. The number of imidazole rings is 2. The van der Waals surface area contributed by atoms with Crippen LogP contribution in [0.15, 0.2) is 64.1 Å². The maximum Gasteiger partial charge on any atom is 0.407 e. The van der Waals surface area contributed by atoms with Crippen molar-refractivity contribution in [2.75, 3.05) is 27.3 Å². The van der Waals surface area contributed by atoms with Crippen molar-refractivity contribution in [1.82, 2.24) is 40.4 Å². The third-order valence-electron chi connectivity index (χ3n) is 11.3. The monoisotopic (exact) mass is 822 g/mol. The van der Waals surface area contributed by atoms with Crippen molar-refractivity contribution in [3.8, 4) is 39.6 Å². The Morgan fingerprint density at radius 1 is 0.750 bits per heavy atom. The minimum Gasteiger partial charge on any atom is -0.502 e. The molecule has 4 atom stereocenters. The molecule has 0 bridgehead atoms. The van der Waals surface area contributed by atoms with Crippen LogP contribution in [0.3, 0.4) is 0 Å². The number of H-pyrrole nitrogens is 2. The van der Waals surface area contributed by atoms with Crippen molar-refractivity contribution >= 4 is 35.0 Å². The fourth-order valence-corrected chi connectivity index (χ4v) is 8.04. The lowest BCUT2D eigenvalue weighted by molar-refractivity contribution is -0.136. The van der Waals surface area contributed by atoms with E-state index in [4.69, 9.17) is 13.9 Å². The molecule has 0 aliphatic carbocycles. The first-order valence-electron chi connectivity index (χ1n) is 20.1. The van der Waals surface area contributed by atoms with Crippen LogP contribution >= 0.6 is 0 Å². The topological polar surface area (TPSA) is 225 Å². The van der Waals surface area contributed by atoms with Crippen LogP contribution in [-0.2, 0) is 19.1 Å². The lowest BCUT2D eigenvalue weighted by Crippen LogP contribution is -2.51. The van der Waals surface area contributed by atoms with E-state index >= 15 is 0 Å². The second-order valence-electron chi connectivity index (χ2n) is 15.9. The molecule has 0 saturated carbocycles. The molecule has 2 aliphatic heterocycles. The predicted octanol–water partition coefficient (Wildman–Crippen LogP) is 6.03. The zero-order valence-electron chi connectivity index (χ0n) is 34.4. The largest absolute Gasteiger partial charge is 0.502 e. The van der Waals surface area contributed by atoms with E-state index in [2.05, 4.69) is 30.6 Å². The number of aromatic hydroxyl groups is 1. The second kappa shape index (κ2) is 17.3. The summed E-state index contributed by atoms with van der Waals surface area (Å²) in [6, 6.07) is 10.1. The zero-order valence-corrected chi connectivity index (χ0v) is 34.4. The van der Waals surface area contributed by atoms with Gasteiger partial charge in [0.2, 0.25) is 23.0 Å². The maximum atomic E-state index is 13.6. The van der Waals surface area contributed by atoms with Gasteiger partial charge in [-0.25, -0.2) is 19.6 Å². The number of aromatic nitrogens is 4. The summed E-state index contributed by atoms with van der Waals surface area (Å²) < 4.78 is 15.6. The summed E-state index contributed by atoms with van der Waals surface area (Å²) in [6.07, 6.45) is 4.95. The van der Waals surface area contributed by atoms with Gasteiger partial charge in [-0.05, 0) is 61.3 Å². The number of nitrogens with one attached hydrogen (secondary N) is 4. The molecule has 2 aliphatic rings. The number of hydrogen-bond donors (Lipinski definition) is 5. The molecule has 5 heterocycles. The first-order chi connectivity index (χ1) is 28.8. The molecule has 316 valence electrons. The quantitative estimate of drug-likeness (QED) is 0.103. The Hall–Kier alpha value is -6.65. The molecule has 0 radical (unpaired) electrons. The summed E-state index contributed by atoms with van der Waals surface area (Å²) in [7, 11) is 2.52. The number of benzene rings is 2. The highest BCUT2D eigenvalue weighted by Gasteiger charge is 2.39. The van der Waals surface area contributed by atoms with Crippen molar-refractivity contribution in [1.29, 1.82) is 0 Å². The Morgan fingerprint density at radius 2 is 1.22 bits per heavy atom. The van der Waals surface area contributed by atoms with Crippen molar-refractivity contribution in [2.24, 2.45) is 11.8 Å². The van der Waals surface area contributed by atoms with Gasteiger partial charge < -0.3 is 49.4 Å². The lowest BCUT2D eigenvalue weighted by atomic mass is 10.0. The first-order valence-corrected chi connectivity index (χ1v) is 20.1. The van der Waals surface area contributed by atoms with Crippen LogP contribution in [0.25, 0.3) is 44.8 Å². The Labute approximate surface area is 345 Å². The van der Waals surface area contributed by atoms with Gasteiger partial charge in [0.15, 0.2) is 5.76 Å². The normalized spacial score (nSPS) is 17.6. The summed E-state index contributed by atoms with van der Waals surface area (Å²) in [5, 5.41) is 16.6. The highest BCUT2D eigenvalue weighted by Crippen LogP contribution is 2.36. The SMILES string of the molecule is COC(=O)N[C@H](C(=O)N1CCCC1c1ncc(-c2ccc3oc(-c4ccc(-c5cnc([C@@H]6CCCN6C(=O)[C@@H](NC(=O)OC)C(C)C)[nH]5)cc4)c(O)c(=O)c3c2)[nH]1)C(C)C. The van der Waals surface area contributed by atoms with E-state index in [0.29, 0.717) is 60.1 Å². The van der Waals surface area contributed by atoms with E-state index in [1.807, 2.05) is 39.8 Å². The van der Waals surface area contributed by atoms with Gasteiger partial charge in [0.25, 0.3) is 0 Å². The third-order valence-corrected chi connectivity index (χ3v) is 11.3. The molecule has 0 spiro atoms. The summed E-state index contributed by atoms with van der Waals surface area (Å²) in [6.45, 7) is 8.49. The van der Waals surface area contributed by atoms with Crippen molar-refractivity contribution < 1.29 is 38.2 Å². The molecule has 4 amide bonds. The molecule has 60 heavy (non-hydrogen) atoms. The van der Waals surface area contributed by atoms with Gasteiger partial charge in [0, 0.05) is 24.2 Å². The fourth-order valence-electron chi connectivity index (χ4n) is 8.04. The van der Waals surface area contributed by atoms with Crippen LogP contribution in [0, 0.1) is 11.8 Å². The molecule has 5 aromatic rings. The molecule has 7 rings (SSSR count). The van der Waals surface area contributed by atoms with Crippen LogP contribution in [0.4, 0.5) is 9.59 Å². The van der Waals surface area contributed by atoms with Gasteiger partial charge in [0.05, 0.1) is 55.5 Å². The van der Waals surface area contributed by atoms with Gasteiger partial charge >= 0.3 is 12.2 Å². The molecule has 3 aromatic heterocycles. The van der Waals surface area contributed by atoms with Crippen LogP contribution in [0.2, 0.25) is 0 Å². The molecule has 17 heteroatoms. The Kier molecular flexibility index (Phi) is 12.0. The number of alkyl carbamates (subject to hydrolysis) is 2. The maximum absolute atomic E-state index is 13.6. The summed E-state index contributed by atoms with van der Waals surface area (Å²) in [4.78, 5) is 84.0. The standard InChI is InChI=1S/C43H50N8O9/c1-22(2)33(48-42(56)58-5)40(54)50-17-7-9-30(50)38-44-20-28(46-38)24-11-13-25(14-12-24)37-36(53)35(52)27-19-26(15-16-32(27)60-37)29-21-45-39(47-29)31-10-8-18-51(31)41(55)34(23(3)4)49-43(57)59-6/h11-16,19-23,30-31,33-34,53H,7-10,17-18H2,1-6H3,(H,44,46)(H,45,47)(H,48,56)(H,49,57)/t30-,31?,33-,34-/m0/s1. The van der Waals surface area contributed by atoms with Gasteiger partial charge in [-0.1, -0.05) is 52.0 Å². The molecule has 17 nitrogen and oxygen atoms in total. The van der Waals surface area contributed by atoms with Crippen LogP contribution in [-0.4, -0.2) is 98.2 Å². The summed E-state index contributed by atoms with van der Waals surface area (Å²) in [5.41, 5.74) is 2.91. The van der Waals surface area contributed by atoms with Crippen molar-refractivity contribution in [3.05, 3.63) is 76.7 Å². The number of fused-ring (bicyclic) bond motifs is 1. The smallest absolute Gasteiger partial charge is 0.407 e. The van der Waals surface area contributed by atoms with Gasteiger partial charge in [0.1, 0.15) is 29.3 Å². The summed E-state index contributed by atoms with van der Waals surface area (Å²) >= 11 is 0. The highest BCUT2D eigenvalue weighted by molar-refractivity contribution is 5.88. The minimum atomic E-state index is -0.760. The molecular formula is C43H50N8O9. The zero-order chi connectivity index (χ0) is 42.8. The molecule has 2 fully saturated rings. The van der Waals surface area contributed by atoms with E-state index in [1.165, 1.54) is 14.2 Å². The average Bonchev–Trinajstić information content (AvgIpc) is 4.09. The molecule has 2 aromatic carbocycles. The van der Waals surface area contributed by atoms with Gasteiger partial charge in [-0.15, -0.1) is 0 Å². The number of aromatic amines is 2. The van der Waals surface area contributed by atoms with Crippen molar-refractivity contribution in [3.63, 3.8) is 0 Å². The van der Waals surface area contributed by atoms with E-state index in [-0.39, 0.29) is 52.5 Å². The van der Waals surface area contributed by atoms with Crippen LogP contribution < -0.4 is 16.1 Å². The van der Waals surface area contributed by atoms with Gasteiger partial charge in [-0.3, -0.25) is 14.4 Å². The van der Waals surface area contributed by atoms with E-state index in [0.717, 1.165) is 18.4 Å². The van der Waals surface area contributed by atoms with E-state index < -0.39 is 35.4 Å². The molecule has 5 N–H and O–H groups in total. The van der Waals surface area contributed by atoms with Crippen molar-refractivity contribution in [2.45, 2.75) is 77.5 Å². The minimum absolute atomic E-state index is 0.0219. The Balaban J connectivity index is 1.07. The van der Waals surface area contributed by atoms with Gasteiger partial charge in [-0.2, -0.15) is 0 Å². The number of nitrogens with zero attached hydrogens (tertiary/aromatic N) is 4. The first kappa shape index (κ1) is 41.5. The molecular weight excluding hydrogens is 773 g/mol. The van der Waals surface area contributed by atoms with E-state index in [1.54, 1.807) is 52.5 Å². The van der Waals surface area contributed by atoms with Crippen LogP contribution in [0.5, 0.6) is 5.75 Å². The Morgan fingerprint density at radius 3 is 1.70 bits per heavy atom. The average molecular weight is 823 g/mol. The second-order valence-corrected chi connectivity index (χ2v) is 15.9. The number of carbonyl (C=O) groups excluding carboxylic acids is 4. The number of amides is 4. The fraction of sp³-hybridized carbons (Fsp3) is 0.419. The number of rotatable bonds is 11. The number of ether oxygens (including phenoxy) is 2. The summed E-state index contributed by atoms with van der Waals surface area (Å²) in [5.74, 6) is -0.0345. The van der Waals surface area contributed by atoms with Crippen LogP contribution in [0.1, 0.15) is 77.1 Å². The third kappa shape index (κ3) is 8.15. The highest BCUT2D eigenvalue weighted by atomic mass is 16.5. The molecule has 1 unspecified atom stereocenters.